The van der Waals surface area contributed by atoms with E-state index in [-0.39, 0.29) is 11.9 Å². The normalized spacial score (nSPS) is 13.1. The summed E-state index contributed by atoms with van der Waals surface area (Å²) in [7, 11) is -3.67. The summed E-state index contributed by atoms with van der Waals surface area (Å²) >= 11 is 3.36. The molecule has 7 heteroatoms. The van der Waals surface area contributed by atoms with Crippen molar-refractivity contribution in [3.8, 4) is 0 Å². The van der Waals surface area contributed by atoms with Gasteiger partial charge in [-0.05, 0) is 53.3 Å². The molecule has 0 bridgehead atoms. The summed E-state index contributed by atoms with van der Waals surface area (Å²) in [6.45, 7) is -0.364. The molecule has 0 saturated carbocycles. The number of hydrogen-bond acceptors (Lipinski definition) is 4. The minimum Gasteiger partial charge on any atom is -0.405 e. The lowest BCUT2D eigenvalue weighted by atomic mass is 9.66. The van der Waals surface area contributed by atoms with E-state index in [2.05, 4.69) is 38.5 Å². The molecule has 4 aromatic carbocycles. The van der Waals surface area contributed by atoms with Gasteiger partial charge in [-0.2, -0.15) is 0 Å². The van der Waals surface area contributed by atoms with Crippen LogP contribution in [0.1, 0.15) is 0 Å². The van der Waals surface area contributed by atoms with E-state index < -0.39 is 9.84 Å². The highest BCUT2D eigenvalue weighted by Gasteiger charge is 2.31. The van der Waals surface area contributed by atoms with Crippen molar-refractivity contribution in [3.63, 3.8) is 0 Å². The second-order valence-corrected chi connectivity index (χ2v) is 9.76. The van der Waals surface area contributed by atoms with Crippen LogP contribution < -0.4 is 15.9 Å². The Hall–Kier alpha value is -2.77. The second kappa shape index (κ2) is 6.93. The van der Waals surface area contributed by atoms with E-state index in [1.807, 2.05) is 36.4 Å². The lowest BCUT2D eigenvalue weighted by molar-refractivity contribution is 0.596. The Kier molecular flexibility index (Phi) is 4.37. The van der Waals surface area contributed by atoms with Gasteiger partial charge in [0.05, 0.1) is 9.79 Å². The monoisotopic (exact) mass is 462 g/mol. The molecule has 0 radical (unpaired) electrons. The number of sulfone groups is 1. The van der Waals surface area contributed by atoms with E-state index in [0.717, 1.165) is 26.6 Å². The number of benzene rings is 4. The van der Waals surface area contributed by atoms with E-state index >= 15 is 0 Å². The molecule has 0 aliphatic carbocycles. The molecule has 4 nitrogen and oxygen atoms in total. The van der Waals surface area contributed by atoms with Crippen molar-refractivity contribution in [1.29, 1.82) is 0 Å². The minimum absolute atomic E-state index is 0.270. The molecule has 5 rings (SSSR count). The Morgan fingerprint density at radius 1 is 0.724 bits per heavy atom. The highest BCUT2D eigenvalue weighted by molar-refractivity contribution is 9.10. The van der Waals surface area contributed by atoms with Crippen molar-refractivity contribution in [1.82, 2.24) is 0 Å². The third kappa shape index (κ3) is 3.11. The minimum atomic E-state index is -3.67. The Morgan fingerprint density at radius 2 is 1.34 bits per heavy atom. The summed E-state index contributed by atoms with van der Waals surface area (Å²) < 4.78 is 27.6. The van der Waals surface area contributed by atoms with Crippen molar-refractivity contribution >= 4 is 60.4 Å². The fourth-order valence-corrected chi connectivity index (χ4v) is 5.56. The van der Waals surface area contributed by atoms with Crippen LogP contribution in [0.2, 0.25) is 0 Å². The van der Waals surface area contributed by atoms with E-state index in [1.165, 1.54) is 0 Å². The molecule has 1 heterocycles. The maximum atomic E-state index is 13.4. The molecule has 4 aromatic rings. The lowest BCUT2D eigenvalue weighted by Crippen LogP contribution is -2.49. The number of nitrogens with one attached hydrogen (secondary N) is 2. The van der Waals surface area contributed by atoms with E-state index in [0.29, 0.717) is 10.4 Å². The Bertz CT molecular complexity index is 1300. The van der Waals surface area contributed by atoms with Crippen LogP contribution in [0.25, 0.3) is 10.8 Å². The molecule has 0 spiro atoms. The summed E-state index contributed by atoms with van der Waals surface area (Å²) in [6.07, 6.45) is 0. The van der Waals surface area contributed by atoms with Crippen molar-refractivity contribution < 1.29 is 8.42 Å². The number of rotatable bonds is 3. The molecule has 1 aliphatic rings. The highest BCUT2D eigenvalue weighted by Crippen LogP contribution is 2.34. The standard InChI is InChI=1S/C22H16BBrN2O2S/c24-16-11-13-17(14-12-16)29(27,28)21-10-2-1-7-18(21)23-25-19-8-3-5-15-6-4-9-20(26-23)22(15)19/h1-14,25-26H. The second-order valence-electron chi connectivity index (χ2n) is 6.93. The molecule has 0 aromatic heterocycles. The summed E-state index contributed by atoms with van der Waals surface area (Å²) in [5.74, 6) is 0. The Balaban J connectivity index is 1.61. The zero-order valence-corrected chi connectivity index (χ0v) is 17.7. The van der Waals surface area contributed by atoms with Crippen LogP contribution in [0.3, 0.4) is 0 Å². The first-order chi connectivity index (χ1) is 14.0. The maximum absolute atomic E-state index is 13.4. The van der Waals surface area contributed by atoms with Gasteiger partial charge in [0, 0.05) is 21.2 Å². The van der Waals surface area contributed by atoms with Crippen LogP contribution in [0.15, 0.2) is 99.2 Å². The fourth-order valence-electron chi connectivity index (χ4n) is 3.79. The molecule has 0 atom stereocenters. The quantitative estimate of drug-likeness (QED) is 0.434. The molecule has 1 aliphatic heterocycles. The van der Waals surface area contributed by atoms with Crippen molar-refractivity contribution in [2.75, 3.05) is 10.5 Å². The van der Waals surface area contributed by atoms with Crippen molar-refractivity contribution in [2.45, 2.75) is 9.79 Å². The van der Waals surface area contributed by atoms with E-state index in [9.17, 15) is 8.42 Å². The van der Waals surface area contributed by atoms with Gasteiger partial charge in [0.1, 0.15) is 0 Å². The van der Waals surface area contributed by atoms with Crippen molar-refractivity contribution in [2.24, 2.45) is 0 Å². The summed E-state index contributed by atoms with van der Waals surface area (Å²) in [5, 5.41) is 9.18. The Labute approximate surface area is 178 Å². The summed E-state index contributed by atoms with van der Waals surface area (Å²) in [4.78, 5) is 0.560. The molecular weight excluding hydrogens is 447 g/mol. The first-order valence-electron chi connectivity index (χ1n) is 9.18. The largest absolute Gasteiger partial charge is 0.407 e. The molecule has 29 heavy (non-hydrogen) atoms. The first-order valence-corrected chi connectivity index (χ1v) is 11.5. The van der Waals surface area contributed by atoms with Crippen molar-refractivity contribution in [3.05, 3.63) is 89.4 Å². The van der Waals surface area contributed by atoms with E-state index in [4.69, 9.17) is 0 Å². The smallest absolute Gasteiger partial charge is 0.405 e. The zero-order chi connectivity index (χ0) is 20.0. The number of halogens is 1. The van der Waals surface area contributed by atoms with Gasteiger partial charge in [0.25, 0.3) is 0 Å². The molecule has 2 N–H and O–H groups in total. The van der Waals surface area contributed by atoms with E-state index in [1.54, 1.807) is 36.4 Å². The number of anilines is 2. The van der Waals surface area contributed by atoms with Crippen LogP contribution in [0.5, 0.6) is 0 Å². The molecule has 0 unspecified atom stereocenters. The van der Waals surface area contributed by atoms with Gasteiger partial charge < -0.3 is 10.5 Å². The van der Waals surface area contributed by atoms with Crippen LogP contribution >= 0.6 is 15.9 Å². The fraction of sp³-hybridized carbons (Fsp3) is 0. The van der Waals surface area contributed by atoms with Gasteiger partial charge in [-0.25, -0.2) is 8.42 Å². The topological polar surface area (TPSA) is 58.2 Å². The predicted molar refractivity (Wildman–Crippen MR) is 123 cm³/mol. The number of hydrogen-bond donors (Lipinski definition) is 2. The van der Waals surface area contributed by atoms with Gasteiger partial charge >= 0.3 is 6.98 Å². The SMILES string of the molecule is O=S(=O)(c1ccc(Br)cc1)c1ccccc1B1Nc2cccc3cccc(c23)N1. The zero-order valence-electron chi connectivity index (χ0n) is 15.3. The van der Waals surface area contributed by atoms with Gasteiger partial charge in [0.15, 0.2) is 0 Å². The van der Waals surface area contributed by atoms with Gasteiger partial charge in [-0.3, -0.25) is 0 Å². The summed E-state index contributed by atoms with van der Waals surface area (Å²) in [5.41, 5.74) is 2.65. The third-order valence-electron chi connectivity index (χ3n) is 5.15. The Morgan fingerprint density at radius 3 is 2.00 bits per heavy atom. The van der Waals surface area contributed by atoms with Gasteiger partial charge in [-0.15, -0.1) is 0 Å². The van der Waals surface area contributed by atoms with Crippen LogP contribution in [0, 0.1) is 0 Å². The third-order valence-corrected chi connectivity index (χ3v) is 7.52. The summed E-state index contributed by atoms with van der Waals surface area (Å²) in [6, 6.07) is 26.0. The molecule has 0 amide bonds. The molecule has 0 fully saturated rings. The average molecular weight is 463 g/mol. The van der Waals surface area contributed by atoms with Gasteiger partial charge in [-0.1, -0.05) is 58.4 Å². The van der Waals surface area contributed by atoms with Crippen LogP contribution in [-0.4, -0.2) is 15.4 Å². The molecular formula is C22H16BBrN2O2S. The maximum Gasteiger partial charge on any atom is 0.407 e. The first kappa shape index (κ1) is 18.3. The average Bonchev–Trinajstić information content (AvgIpc) is 2.74. The van der Waals surface area contributed by atoms with Crippen LogP contribution in [-0.2, 0) is 9.84 Å². The molecule has 0 saturated heterocycles. The predicted octanol–water partition coefficient (Wildman–Crippen LogP) is 4.67. The highest BCUT2D eigenvalue weighted by atomic mass is 79.9. The van der Waals surface area contributed by atoms with Crippen LogP contribution in [0.4, 0.5) is 11.4 Å². The molecule has 142 valence electrons. The lowest BCUT2D eigenvalue weighted by Gasteiger charge is -2.28. The van der Waals surface area contributed by atoms with Gasteiger partial charge in [0.2, 0.25) is 9.84 Å².